The van der Waals surface area contributed by atoms with Gasteiger partial charge in [0.05, 0.1) is 7.89 Å². The summed E-state index contributed by atoms with van der Waals surface area (Å²) < 4.78 is 9.11. The first kappa shape index (κ1) is 23.3. The second-order valence-electron chi connectivity index (χ2n) is 8.77. The van der Waals surface area contributed by atoms with Gasteiger partial charge in [-0.15, -0.1) is 0 Å². The van der Waals surface area contributed by atoms with Crippen molar-refractivity contribution in [3.8, 4) is 11.1 Å². The van der Waals surface area contributed by atoms with Crippen LogP contribution in [0.15, 0.2) is 109 Å². The van der Waals surface area contributed by atoms with Gasteiger partial charge in [0.2, 0.25) is 0 Å². The summed E-state index contributed by atoms with van der Waals surface area (Å²) in [6.07, 6.45) is 3.21. The molecule has 0 saturated heterocycles. The Balaban J connectivity index is 1.68. The molecule has 1 unspecified atom stereocenters. The van der Waals surface area contributed by atoms with Gasteiger partial charge in [-0.1, -0.05) is 72.8 Å². The van der Waals surface area contributed by atoms with Crippen LogP contribution in [-0.4, -0.2) is 25.8 Å². The molecule has 0 radical (unpaired) electrons. The minimum absolute atomic E-state index is 0.0579. The quantitative estimate of drug-likeness (QED) is 0.261. The van der Waals surface area contributed by atoms with Gasteiger partial charge in [-0.2, -0.15) is 0 Å². The Hall–Kier alpha value is -4.44. The van der Waals surface area contributed by atoms with E-state index in [0.29, 0.717) is 16.8 Å². The zero-order chi connectivity index (χ0) is 26.4. The predicted molar refractivity (Wildman–Crippen MR) is 149 cm³/mol. The Bertz CT molecular complexity index is 1400. The van der Waals surface area contributed by atoms with Crippen LogP contribution in [0.3, 0.4) is 0 Å². The van der Waals surface area contributed by atoms with Crippen LogP contribution in [0.5, 0.6) is 0 Å². The molecule has 0 aliphatic heterocycles. The third-order valence-electron chi connectivity index (χ3n) is 5.80. The van der Waals surface area contributed by atoms with Crippen molar-refractivity contribution in [3.63, 3.8) is 0 Å². The topological polar surface area (TPSA) is 40.6 Å². The van der Waals surface area contributed by atoms with E-state index in [9.17, 15) is 9.59 Å². The minimum atomic E-state index is -0.968. The lowest BCUT2D eigenvalue weighted by Gasteiger charge is -2.24. The number of rotatable bonds is 8. The molecule has 180 valence electrons. The molecular formula is C32H30N2O2. The Labute approximate surface area is 214 Å². The fourth-order valence-electron chi connectivity index (χ4n) is 3.82. The highest BCUT2D eigenvalue weighted by Gasteiger charge is 2.18. The lowest BCUT2D eigenvalue weighted by atomic mass is 10.0. The second-order valence-corrected chi connectivity index (χ2v) is 8.77. The van der Waals surface area contributed by atoms with Crippen molar-refractivity contribution in [2.45, 2.75) is 13.4 Å². The molecule has 4 aromatic carbocycles. The largest absolute Gasteiger partial charge is 0.378 e. The first-order chi connectivity index (χ1) is 17.8. The molecule has 4 nitrogen and oxygen atoms in total. The number of amides is 1. The van der Waals surface area contributed by atoms with Gasteiger partial charge in [0.1, 0.15) is 0 Å². The summed E-state index contributed by atoms with van der Waals surface area (Å²) in [6, 6.07) is 32.4. The molecule has 0 aliphatic carbocycles. The van der Waals surface area contributed by atoms with Crippen molar-refractivity contribution < 1.29 is 11.0 Å². The van der Waals surface area contributed by atoms with Crippen LogP contribution in [0.4, 0.5) is 11.4 Å². The molecule has 1 amide bonds. The molecule has 0 bridgehead atoms. The highest BCUT2D eigenvalue weighted by Crippen LogP contribution is 2.26. The van der Waals surface area contributed by atoms with Crippen molar-refractivity contribution >= 4 is 29.1 Å². The van der Waals surface area contributed by atoms with E-state index in [1.807, 2.05) is 80.8 Å². The van der Waals surface area contributed by atoms with Gasteiger partial charge in [-0.05, 0) is 71.7 Å². The highest BCUT2D eigenvalue weighted by atomic mass is 16.2. The summed E-state index contributed by atoms with van der Waals surface area (Å²) in [6.45, 7) is 0.524. The SMILES string of the molecule is [2H]C(c1ccc(-c2ccc(N(C)C)cc2)cc1)N(C(=O)c1ccccc1)c1cccc(/C=C/C(C)=O)c1. The molecule has 4 rings (SSSR count). The maximum absolute atomic E-state index is 13.6. The molecule has 36 heavy (non-hydrogen) atoms. The van der Waals surface area contributed by atoms with Crippen LogP contribution in [0.25, 0.3) is 17.2 Å². The summed E-state index contributed by atoms with van der Waals surface area (Å²) in [5.41, 5.74) is 5.82. The number of hydrogen-bond acceptors (Lipinski definition) is 3. The number of anilines is 2. The number of hydrogen-bond donors (Lipinski definition) is 0. The van der Waals surface area contributed by atoms with Gasteiger partial charge < -0.3 is 9.80 Å². The fraction of sp³-hybridized carbons (Fsp3) is 0.125. The van der Waals surface area contributed by atoms with Crippen molar-refractivity contribution in [3.05, 3.63) is 126 Å². The average molecular weight is 476 g/mol. The molecule has 0 aliphatic rings. The normalized spacial score (nSPS) is 12.1. The smallest absolute Gasteiger partial charge is 0.258 e. The fourth-order valence-corrected chi connectivity index (χ4v) is 3.82. The molecule has 0 heterocycles. The van der Waals surface area contributed by atoms with Crippen molar-refractivity contribution in [2.75, 3.05) is 23.9 Å². The van der Waals surface area contributed by atoms with E-state index < -0.39 is 6.52 Å². The summed E-state index contributed by atoms with van der Waals surface area (Å²) in [5, 5.41) is 0. The number of ketones is 1. The van der Waals surface area contributed by atoms with Crippen molar-refractivity contribution in [1.29, 1.82) is 0 Å². The maximum Gasteiger partial charge on any atom is 0.258 e. The molecule has 0 fully saturated rings. The lowest BCUT2D eigenvalue weighted by Crippen LogP contribution is -2.30. The zero-order valence-electron chi connectivity index (χ0n) is 21.8. The van der Waals surface area contributed by atoms with Gasteiger partial charge in [0.25, 0.3) is 5.91 Å². The van der Waals surface area contributed by atoms with Gasteiger partial charge in [-0.3, -0.25) is 9.59 Å². The highest BCUT2D eigenvalue weighted by molar-refractivity contribution is 6.06. The van der Waals surface area contributed by atoms with E-state index >= 15 is 0 Å². The number of benzene rings is 4. The van der Waals surface area contributed by atoms with Crippen LogP contribution in [0.1, 0.15) is 29.8 Å². The summed E-state index contributed by atoms with van der Waals surface area (Å²) >= 11 is 0. The Morgan fingerprint density at radius 3 is 2.03 bits per heavy atom. The first-order valence-electron chi connectivity index (χ1n) is 12.4. The molecule has 4 aromatic rings. The van der Waals surface area contributed by atoms with E-state index in [4.69, 9.17) is 1.37 Å². The van der Waals surface area contributed by atoms with Crippen LogP contribution in [0, 0.1) is 0 Å². The van der Waals surface area contributed by atoms with E-state index in [2.05, 4.69) is 29.2 Å². The molecule has 0 spiro atoms. The van der Waals surface area contributed by atoms with Gasteiger partial charge in [-0.25, -0.2) is 0 Å². The monoisotopic (exact) mass is 475 g/mol. The molecule has 0 N–H and O–H groups in total. The number of allylic oxidation sites excluding steroid dienone is 1. The first-order valence-corrected chi connectivity index (χ1v) is 11.8. The number of carbonyl (C=O) groups excluding carboxylic acids is 2. The van der Waals surface area contributed by atoms with E-state index in [1.54, 1.807) is 18.2 Å². The zero-order valence-corrected chi connectivity index (χ0v) is 20.8. The van der Waals surface area contributed by atoms with E-state index in [0.717, 1.165) is 22.4 Å². The second kappa shape index (κ2) is 11.3. The lowest BCUT2D eigenvalue weighted by molar-refractivity contribution is -0.112. The third-order valence-corrected chi connectivity index (χ3v) is 5.80. The van der Waals surface area contributed by atoms with Crippen molar-refractivity contribution in [2.24, 2.45) is 0 Å². The van der Waals surface area contributed by atoms with Crippen LogP contribution < -0.4 is 9.80 Å². The van der Waals surface area contributed by atoms with Crippen LogP contribution in [-0.2, 0) is 11.3 Å². The standard InChI is InChI=1S/C32H30N2O2/c1-24(35)12-13-25-8-7-11-31(22-25)34(32(36)29-9-5-4-6-10-29)23-26-14-16-27(17-15-26)28-18-20-30(21-19-28)33(2)3/h4-22H,23H2,1-3H3/b13-12+/i23D. The summed E-state index contributed by atoms with van der Waals surface area (Å²) in [5.74, 6) is -0.325. The molecule has 0 saturated carbocycles. The van der Waals surface area contributed by atoms with Crippen LogP contribution >= 0.6 is 0 Å². The maximum atomic E-state index is 13.6. The summed E-state index contributed by atoms with van der Waals surface area (Å²) in [4.78, 5) is 28.6. The molecular weight excluding hydrogens is 444 g/mol. The van der Waals surface area contributed by atoms with Crippen molar-refractivity contribution in [1.82, 2.24) is 0 Å². The van der Waals surface area contributed by atoms with Gasteiger partial charge >= 0.3 is 0 Å². The summed E-state index contributed by atoms with van der Waals surface area (Å²) in [7, 11) is 4.02. The third kappa shape index (κ3) is 6.16. The van der Waals surface area contributed by atoms with Gasteiger partial charge in [0.15, 0.2) is 5.78 Å². The number of nitrogens with zero attached hydrogens (tertiary/aromatic N) is 2. The predicted octanol–water partition coefficient (Wildman–Crippen LogP) is 6.87. The Kier molecular flexibility index (Phi) is 7.33. The molecule has 0 aromatic heterocycles. The average Bonchev–Trinajstić information content (AvgIpc) is 2.93. The molecule has 4 heteroatoms. The Morgan fingerprint density at radius 1 is 0.778 bits per heavy atom. The van der Waals surface area contributed by atoms with E-state index in [1.165, 1.54) is 17.9 Å². The van der Waals surface area contributed by atoms with Crippen LogP contribution in [0.2, 0.25) is 0 Å². The Morgan fingerprint density at radius 2 is 1.42 bits per heavy atom. The molecule has 1 atom stereocenters. The number of carbonyl (C=O) groups is 2. The van der Waals surface area contributed by atoms with Gasteiger partial charge in [0, 0.05) is 31.0 Å². The van der Waals surface area contributed by atoms with E-state index in [-0.39, 0.29) is 11.7 Å². The minimum Gasteiger partial charge on any atom is -0.378 e.